The molecule has 6 rings (SSSR count). The van der Waals surface area contributed by atoms with Crippen LogP contribution in [0.5, 0.6) is 0 Å². The summed E-state index contributed by atoms with van der Waals surface area (Å²) in [6, 6.07) is 21.3. The van der Waals surface area contributed by atoms with Gasteiger partial charge in [-0.15, -0.1) is 28.2 Å². The number of rotatable bonds is 10. The summed E-state index contributed by atoms with van der Waals surface area (Å²) in [6.45, 7) is 0. The van der Waals surface area contributed by atoms with Crippen LogP contribution in [0.1, 0.15) is 22.1 Å². The average molecular weight is 635 g/mol. The Hall–Kier alpha value is -3.98. The Labute approximate surface area is 259 Å². The summed E-state index contributed by atoms with van der Waals surface area (Å²) in [4.78, 5) is 42.6. The lowest BCUT2D eigenvalue weighted by Gasteiger charge is -2.51. The number of aromatic nitrogens is 4. The summed E-state index contributed by atoms with van der Waals surface area (Å²) >= 11 is 4.11. The molecule has 2 aromatic heterocycles. The van der Waals surface area contributed by atoms with E-state index < -0.39 is 35.3 Å². The van der Waals surface area contributed by atoms with Gasteiger partial charge in [0, 0.05) is 23.4 Å². The Morgan fingerprint density at radius 1 is 1.09 bits per heavy atom. The highest BCUT2D eigenvalue weighted by Crippen LogP contribution is 2.44. The van der Waals surface area contributed by atoms with Crippen LogP contribution in [-0.4, -0.2) is 76.1 Å². The monoisotopic (exact) mass is 634 g/mol. The zero-order chi connectivity index (χ0) is 29.9. The van der Waals surface area contributed by atoms with Gasteiger partial charge in [0.1, 0.15) is 11.1 Å². The summed E-state index contributed by atoms with van der Waals surface area (Å²) in [5.74, 6) is -1.10. The maximum Gasteiger partial charge on any atom is 0.356 e. The lowest BCUT2D eigenvalue weighted by Crippen LogP contribution is -2.71. The van der Waals surface area contributed by atoms with E-state index in [2.05, 4.69) is 15.5 Å². The van der Waals surface area contributed by atoms with Crippen molar-refractivity contribution in [2.45, 2.75) is 29.1 Å². The van der Waals surface area contributed by atoms with Crippen LogP contribution in [0.15, 0.2) is 94.6 Å². The van der Waals surface area contributed by atoms with Gasteiger partial charge in [-0.2, -0.15) is 0 Å². The fourth-order valence-electron chi connectivity index (χ4n) is 4.90. The molecule has 2 aliphatic rings. The van der Waals surface area contributed by atoms with Gasteiger partial charge in [0.05, 0.1) is 6.42 Å². The second-order valence-corrected chi connectivity index (χ2v) is 12.9. The molecule has 1 fully saturated rings. The summed E-state index contributed by atoms with van der Waals surface area (Å²) < 4.78 is 7.70. The summed E-state index contributed by atoms with van der Waals surface area (Å²) in [6.07, 6.45) is -0.745. The summed E-state index contributed by atoms with van der Waals surface area (Å²) in [5.41, 5.74) is 2.34. The van der Waals surface area contributed by atoms with Crippen LogP contribution in [0.25, 0.3) is 0 Å². The number of ether oxygens (including phenoxy) is 1. The first-order valence-electron chi connectivity index (χ1n) is 13.3. The van der Waals surface area contributed by atoms with Crippen molar-refractivity contribution in [1.82, 2.24) is 30.2 Å². The van der Waals surface area contributed by atoms with E-state index in [0.717, 1.165) is 16.0 Å². The molecule has 2 atom stereocenters. The van der Waals surface area contributed by atoms with Crippen molar-refractivity contribution in [3.63, 3.8) is 0 Å². The quantitative estimate of drug-likeness (QED) is 0.0906. The number of hydrogen-bond donors (Lipinski definition) is 1. The summed E-state index contributed by atoms with van der Waals surface area (Å²) in [7, 11) is 1.72. The molecular formula is C29H26N6O5S3. The van der Waals surface area contributed by atoms with Crippen molar-refractivity contribution in [1.29, 1.82) is 0 Å². The van der Waals surface area contributed by atoms with E-state index >= 15 is 0 Å². The normalized spacial score (nSPS) is 17.9. The Bertz CT molecular complexity index is 1610. The zero-order valence-electron chi connectivity index (χ0n) is 22.8. The molecule has 2 amide bonds. The highest BCUT2D eigenvalue weighted by atomic mass is 32.2. The Morgan fingerprint density at radius 2 is 1.79 bits per heavy atom. The van der Waals surface area contributed by atoms with Gasteiger partial charge in [0.2, 0.25) is 5.16 Å². The number of amides is 2. The number of carbonyl (C=O) groups is 3. The molecule has 0 radical (unpaired) electrons. The minimum absolute atomic E-state index is 0.0243. The van der Waals surface area contributed by atoms with Gasteiger partial charge in [-0.3, -0.25) is 19.7 Å². The smallest absolute Gasteiger partial charge is 0.356 e. The highest BCUT2D eigenvalue weighted by Gasteiger charge is 2.57. The molecule has 14 heteroatoms. The fourth-order valence-corrected chi connectivity index (χ4v) is 7.96. The molecule has 4 heterocycles. The second kappa shape index (κ2) is 12.7. The molecule has 2 aliphatic heterocycles. The SMILES string of the molecule is Cn1nnnc1SCC1=C(C(=O)OC(c2ccccc2)c2ccccc2)N2C(=O)C(N(O)C(=O)Cc3cccs3)[C@@H]2SC1. The molecule has 11 nitrogen and oxygen atoms in total. The average Bonchev–Trinajstić information content (AvgIpc) is 3.70. The van der Waals surface area contributed by atoms with Crippen LogP contribution >= 0.6 is 34.9 Å². The van der Waals surface area contributed by atoms with Crippen LogP contribution in [0.4, 0.5) is 0 Å². The van der Waals surface area contributed by atoms with Gasteiger partial charge in [-0.05, 0) is 38.6 Å². The number of hydrogen-bond acceptors (Lipinski definition) is 11. The van der Waals surface area contributed by atoms with Gasteiger partial charge in [0.15, 0.2) is 12.1 Å². The number of aryl methyl sites for hydroxylation is 1. The van der Waals surface area contributed by atoms with E-state index in [4.69, 9.17) is 4.74 Å². The number of hydroxylamine groups is 2. The van der Waals surface area contributed by atoms with Gasteiger partial charge in [-0.25, -0.2) is 14.5 Å². The molecular weight excluding hydrogens is 609 g/mol. The third kappa shape index (κ3) is 5.95. The number of β-lactam (4-membered cyclic amide) rings is 1. The van der Waals surface area contributed by atoms with Crippen LogP contribution in [0.3, 0.4) is 0 Å². The first-order chi connectivity index (χ1) is 20.9. The van der Waals surface area contributed by atoms with E-state index in [1.165, 1.54) is 44.4 Å². The fraction of sp³-hybridized carbons (Fsp3) is 0.241. The lowest BCUT2D eigenvalue weighted by atomic mass is 10.0. The van der Waals surface area contributed by atoms with Gasteiger partial charge in [-0.1, -0.05) is 78.5 Å². The first-order valence-corrected chi connectivity index (χ1v) is 16.2. The maximum atomic E-state index is 14.1. The number of nitrogens with zero attached hydrogens (tertiary/aromatic N) is 6. The van der Waals surface area contributed by atoms with E-state index in [0.29, 0.717) is 27.3 Å². The second-order valence-electron chi connectivity index (χ2n) is 9.78. The molecule has 4 aromatic rings. The molecule has 0 spiro atoms. The lowest BCUT2D eigenvalue weighted by molar-refractivity contribution is -0.197. The maximum absolute atomic E-state index is 14.1. The van der Waals surface area contributed by atoms with Crippen molar-refractivity contribution in [3.05, 3.63) is 105 Å². The van der Waals surface area contributed by atoms with Crippen molar-refractivity contribution in [3.8, 4) is 0 Å². The predicted molar refractivity (Wildman–Crippen MR) is 161 cm³/mol. The van der Waals surface area contributed by atoms with E-state index in [-0.39, 0.29) is 12.1 Å². The number of thiophene rings is 1. The number of fused-ring (bicyclic) bond motifs is 1. The molecule has 0 bridgehead atoms. The molecule has 1 unspecified atom stereocenters. The number of benzene rings is 2. The van der Waals surface area contributed by atoms with Crippen LogP contribution in [-0.2, 0) is 32.6 Å². The van der Waals surface area contributed by atoms with Crippen molar-refractivity contribution in [2.75, 3.05) is 11.5 Å². The van der Waals surface area contributed by atoms with Gasteiger partial charge >= 0.3 is 5.97 Å². The largest absolute Gasteiger partial charge is 0.448 e. The number of tetrazole rings is 1. The zero-order valence-corrected chi connectivity index (χ0v) is 25.3. The topological polar surface area (TPSA) is 131 Å². The molecule has 43 heavy (non-hydrogen) atoms. The van der Waals surface area contributed by atoms with Crippen LogP contribution < -0.4 is 0 Å². The Morgan fingerprint density at radius 3 is 2.40 bits per heavy atom. The molecule has 1 N–H and O–H groups in total. The number of thioether (sulfide) groups is 2. The molecule has 1 saturated heterocycles. The molecule has 220 valence electrons. The Kier molecular flexibility index (Phi) is 8.61. The van der Waals surface area contributed by atoms with Crippen molar-refractivity contribution >= 4 is 52.6 Å². The van der Waals surface area contributed by atoms with Crippen LogP contribution in [0.2, 0.25) is 0 Å². The van der Waals surface area contributed by atoms with Crippen molar-refractivity contribution < 1.29 is 24.3 Å². The molecule has 0 aliphatic carbocycles. The van der Waals surface area contributed by atoms with Gasteiger partial charge < -0.3 is 4.74 Å². The minimum Gasteiger partial charge on any atom is -0.448 e. The van der Waals surface area contributed by atoms with Crippen LogP contribution in [0, 0.1) is 0 Å². The molecule has 0 saturated carbocycles. The van der Waals surface area contributed by atoms with Crippen molar-refractivity contribution in [2.24, 2.45) is 7.05 Å². The predicted octanol–water partition coefficient (Wildman–Crippen LogP) is 3.69. The van der Waals surface area contributed by atoms with Gasteiger partial charge in [0.25, 0.3) is 11.8 Å². The highest BCUT2D eigenvalue weighted by molar-refractivity contribution is 8.01. The number of esters is 1. The first kappa shape index (κ1) is 29.1. The van der Waals surface area contributed by atoms with E-state index in [9.17, 15) is 19.6 Å². The number of carbonyl (C=O) groups excluding carboxylic acids is 3. The third-order valence-electron chi connectivity index (χ3n) is 7.02. The minimum atomic E-state index is -1.11. The van der Waals surface area contributed by atoms with E-state index in [1.54, 1.807) is 13.1 Å². The summed E-state index contributed by atoms with van der Waals surface area (Å²) in [5, 5.41) is 24.6. The third-order valence-corrected chi connectivity index (χ3v) is 10.3. The van der Waals surface area contributed by atoms with E-state index in [1.807, 2.05) is 72.1 Å². The Balaban J connectivity index is 1.29. The molecule has 2 aromatic carbocycles. The standard InChI is InChI=1S/C29H26N6O5S3/c1-33-29(30-31-32-33)43-17-20-16-42-27-24(35(39)22(36)15-21-13-8-14-41-21)26(37)34(27)23(20)28(38)40-25(18-9-4-2-5-10-18)19-11-6-3-7-12-19/h2-14,24-25,27,39H,15-17H2,1H3/t24?,27-/m0/s1.